The van der Waals surface area contributed by atoms with E-state index in [4.69, 9.17) is 9.47 Å². The van der Waals surface area contributed by atoms with Crippen LogP contribution in [0.25, 0.3) is 0 Å². The van der Waals surface area contributed by atoms with Crippen LogP contribution >= 0.6 is 0 Å². The molecular weight excluding hydrogens is 266 g/mol. The fourth-order valence-corrected chi connectivity index (χ4v) is 2.18. The first kappa shape index (κ1) is 15.4. The van der Waals surface area contributed by atoms with Crippen molar-refractivity contribution >= 4 is 0 Å². The zero-order valence-corrected chi connectivity index (χ0v) is 13.1. The first-order chi connectivity index (χ1) is 10.2. The minimum absolute atomic E-state index is 0.745. The fourth-order valence-electron chi connectivity index (χ4n) is 2.18. The molecule has 0 bridgehead atoms. The van der Waals surface area contributed by atoms with Crippen LogP contribution in [0, 0.1) is 6.92 Å². The summed E-state index contributed by atoms with van der Waals surface area (Å²) in [4.78, 5) is 0. The summed E-state index contributed by atoms with van der Waals surface area (Å²) in [7, 11) is 3.54. The van der Waals surface area contributed by atoms with Gasteiger partial charge in [0, 0.05) is 19.7 Å². The van der Waals surface area contributed by atoms with Crippen molar-refractivity contribution in [2.24, 2.45) is 7.05 Å². The van der Waals surface area contributed by atoms with Crippen molar-refractivity contribution < 1.29 is 9.47 Å². The number of rotatable bonds is 7. The normalized spacial score (nSPS) is 10.7. The zero-order chi connectivity index (χ0) is 15.2. The number of hydrogen-bond acceptors (Lipinski definition) is 4. The maximum absolute atomic E-state index is 6.01. The molecule has 1 heterocycles. The topological polar surface area (TPSA) is 48.3 Å². The lowest BCUT2D eigenvalue weighted by atomic mass is 10.2. The van der Waals surface area contributed by atoms with E-state index < -0.39 is 0 Å². The molecule has 0 atom stereocenters. The van der Waals surface area contributed by atoms with Gasteiger partial charge in [0.25, 0.3) is 0 Å². The quantitative estimate of drug-likeness (QED) is 0.796. The van der Waals surface area contributed by atoms with Gasteiger partial charge >= 0.3 is 0 Å². The van der Waals surface area contributed by atoms with Crippen molar-refractivity contribution in [3.8, 4) is 17.4 Å². The Hall–Kier alpha value is -2.01. The van der Waals surface area contributed by atoms with Crippen LogP contribution in [0.2, 0.25) is 0 Å². The van der Waals surface area contributed by atoms with E-state index in [1.165, 1.54) is 0 Å². The second-order valence-corrected chi connectivity index (χ2v) is 4.95. The van der Waals surface area contributed by atoms with Crippen LogP contribution in [0.15, 0.2) is 24.3 Å². The Morgan fingerprint density at radius 2 is 2.05 bits per heavy atom. The number of ether oxygens (including phenoxy) is 2. The second-order valence-electron chi connectivity index (χ2n) is 4.95. The van der Waals surface area contributed by atoms with Crippen molar-refractivity contribution in [3.63, 3.8) is 0 Å². The Morgan fingerprint density at radius 1 is 1.29 bits per heavy atom. The number of nitrogens with one attached hydrogen (secondary N) is 1. The number of nitrogens with zero attached hydrogens (tertiary/aromatic N) is 2. The van der Waals surface area contributed by atoms with E-state index in [9.17, 15) is 0 Å². The summed E-state index contributed by atoms with van der Waals surface area (Å²) < 4.78 is 13.0. The molecule has 5 nitrogen and oxygen atoms in total. The summed E-state index contributed by atoms with van der Waals surface area (Å²) in [6, 6.07) is 7.58. The molecular formula is C16H23N3O2. The summed E-state index contributed by atoms with van der Waals surface area (Å²) in [5.74, 6) is 2.29. The van der Waals surface area contributed by atoms with E-state index in [1.54, 1.807) is 11.8 Å². The highest BCUT2D eigenvalue weighted by Crippen LogP contribution is 2.29. The van der Waals surface area contributed by atoms with Crippen LogP contribution in [-0.2, 0) is 13.6 Å². The molecule has 0 aliphatic heterocycles. The molecule has 0 spiro atoms. The average molecular weight is 289 g/mol. The van der Waals surface area contributed by atoms with E-state index in [2.05, 4.69) is 17.3 Å². The van der Waals surface area contributed by atoms with Crippen molar-refractivity contribution in [2.75, 3.05) is 13.7 Å². The van der Waals surface area contributed by atoms with Crippen LogP contribution in [-0.4, -0.2) is 23.4 Å². The van der Waals surface area contributed by atoms with Crippen LogP contribution < -0.4 is 14.8 Å². The summed E-state index contributed by atoms with van der Waals surface area (Å²) >= 11 is 0. The molecule has 0 radical (unpaired) electrons. The van der Waals surface area contributed by atoms with Gasteiger partial charge in [0.2, 0.25) is 5.88 Å². The molecule has 0 unspecified atom stereocenters. The maximum Gasteiger partial charge on any atom is 0.222 e. The van der Waals surface area contributed by atoms with Gasteiger partial charge in [-0.1, -0.05) is 13.0 Å². The molecule has 5 heteroatoms. The summed E-state index contributed by atoms with van der Waals surface area (Å²) in [6.07, 6.45) is 1.10. The van der Waals surface area contributed by atoms with Gasteiger partial charge in [0.05, 0.1) is 18.4 Å². The van der Waals surface area contributed by atoms with Crippen molar-refractivity contribution in [2.45, 2.75) is 26.8 Å². The predicted octanol–water partition coefficient (Wildman–Crippen LogP) is 3.03. The monoisotopic (exact) mass is 289 g/mol. The largest absolute Gasteiger partial charge is 0.497 e. The lowest BCUT2D eigenvalue weighted by Gasteiger charge is -2.10. The van der Waals surface area contributed by atoms with Gasteiger partial charge in [-0.15, -0.1) is 0 Å². The molecule has 0 fully saturated rings. The standard InChI is InChI=1S/C16H23N3O2/c1-5-9-17-11-15-12(2)18-19(3)16(15)21-14-8-6-7-13(10-14)20-4/h6-8,10,17H,5,9,11H2,1-4H3. The Bertz CT molecular complexity index is 593. The maximum atomic E-state index is 6.01. The average Bonchev–Trinajstić information content (AvgIpc) is 2.74. The Labute approximate surface area is 125 Å². The highest BCUT2D eigenvalue weighted by Gasteiger charge is 2.15. The Morgan fingerprint density at radius 3 is 2.76 bits per heavy atom. The van der Waals surface area contributed by atoms with Crippen LogP contribution in [0.1, 0.15) is 24.6 Å². The molecule has 1 aromatic heterocycles. The third-order valence-corrected chi connectivity index (χ3v) is 3.27. The molecule has 1 aromatic carbocycles. The number of hydrogen-bond donors (Lipinski definition) is 1. The lowest BCUT2D eigenvalue weighted by Crippen LogP contribution is -2.14. The molecule has 114 valence electrons. The van der Waals surface area contributed by atoms with E-state index >= 15 is 0 Å². The SMILES string of the molecule is CCCNCc1c(C)nn(C)c1Oc1cccc(OC)c1. The molecule has 1 N–H and O–H groups in total. The van der Waals surface area contributed by atoms with Gasteiger partial charge in [-0.2, -0.15) is 5.10 Å². The minimum Gasteiger partial charge on any atom is -0.497 e. The third-order valence-electron chi connectivity index (χ3n) is 3.27. The predicted molar refractivity (Wildman–Crippen MR) is 83.0 cm³/mol. The highest BCUT2D eigenvalue weighted by molar-refractivity contribution is 5.38. The molecule has 21 heavy (non-hydrogen) atoms. The number of benzene rings is 1. The van der Waals surface area contributed by atoms with Gasteiger partial charge in [0.1, 0.15) is 11.5 Å². The number of aromatic nitrogens is 2. The van der Waals surface area contributed by atoms with Crippen molar-refractivity contribution in [3.05, 3.63) is 35.5 Å². The van der Waals surface area contributed by atoms with Crippen LogP contribution in [0.5, 0.6) is 17.4 Å². The molecule has 2 rings (SSSR count). The van der Waals surface area contributed by atoms with E-state index in [1.807, 2.05) is 38.2 Å². The minimum atomic E-state index is 0.745. The first-order valence-corrected chi connectivity index (χ1v) is 7.20. The van der Waals surface area contributed by atoms with Gasteiger partial charge in [-0.25, -0.2) is 4.68 Å². The van der Waals surface area contributed by atoms with Gasteiger partial charge in [-0.3, -0.25) is 0 Å². The summed E-state index contributed by atoms with van der Waals surface area (Å²) in [5.41, 5.74) is 2.08. The van der Waals surface area contributed by atoms with Gasteiger partial charge < -0.3 is 14.8 Å². The Kier molecular flexibility index (Phi) is 5.22. The van der Waals surface area contributed by atoms with Crippen molar-refractivity contribution in [1.29, 1.82) is 0 Å². The molecule has 0 saturated carbocycles. The van der Waals surface area contributed by atoms with Crippen LogP contribution in [0.3, 0.4) is 0 Å². The first-order valence-electron chi connectivity index (χ1n) is 7.20. The molecule has 0 amide bonds. The third kappa shape index (κ3) is 3.76. The van der Waals surface area contributed by atoms with E-state index in [0.717, 1.165) is 48.1 Å². The molecule has 0 saturated heterocycles. The number of methoxy groups -OCH3 is 1. The lowest BCUT2D eigenvalue weighted by molar-refractivity contribution is 0.400. The van der Waals surface area contributed by atoms with E-state index in [-0.39, 0.29) is 0 Å². The molecule has 0 aliphatic carbocycles. The van der Waals surface area contributed by atoms with Crippen molar-refractivity contribution in [1.82, 2.24) is 15.1 Å². The van der Waals surface area contributed by atoms with Gasteiger partial charge in [-0.05, 0) is 32.0 Å². The van der Waals surface area contributed by atoms with E-state index in [0.29, 0.717) is 0 Å². The van der Waals surface area contributed by atoms with Gasteiger partial charge in [0.15, 0.2) is 0 Å². The second kappa shape index (κ2) is 7.13. The summed E-state index contributed by atoms with van der Waals surface area (Å²) in [6.45, 7) is 5.89. The smallest absolute Gasteiger partial charge is 0.222 e. The number of aryl methyl sites for hydroxylation is 2. The van der Waals surface area contributed by atoms with Crippen LogP contribution in [0.4, 0.5) is 0 Å². The zero-order valence-electron chi connectivity index (χ0n) is 13.1. The fraction of sp³-hybridized carbons (Fsp3) is 0.438. The molecule has 2 aromatic rings. The summed E-state index contributed by atoms with van der Waals surface area (Å²) in [5, 5.41) is 7.85. The highest BCUT2D eigenvalue weighted by atomic mass is 16.5. The Balaban J connectivity index is 2.21. The molecule has 0 aliphatic rings.